The Hall–Kier alpha value is -1.94. The highest BCUT2D eigenvalue weighted by atomic mass is 16.1. The molecule has 0 aliphatic rings. The maximum Gasteiger partial charge on any atom is 0.239 e. The van der Waals surface area contributed by atoms with Crippen LogP contribution >= 0.6 is 0 Å². The first kappa shape index (κ1) is 13.5. The van der Waals surface area contributed by atoms with E-state index in [4.69, 9.17) is 5.73 Å². The fourth-order valence-corrected chi connectivity index (χ4v) is 2.10. The number of hydrogen-bond donors (Lipinski definition) is 2. The maximum absolute atomic E-state index is 11.7. The SMILES string of the molecule is CCC(C)NC(C(N)=O)c1cncc2ccccc12. The highest BCUT2D eigenvalue weighted by Gasteiger charge is 2.21. The summed E-state index contributed by atoms with van der Waals surface area (Å²) in [5, 5.41) is 5.28. The Kier molecular flexibility index (Phi) is 4.12. The number of benzene rings is 1. The Bertz CT molecular complexity index is 577. The molecule has 0 fully saturated rings. The van der Waals surface area contributed by atoms with Crippen LogP contribution in [0.3, 0.4) is 0 Å². The van der Waals surface area contributed by atoms with Crippen LogP contribution in [0, 0.1) is 0 Å². The number of rotatable bonds is 5. The lowest BCUT2D eigenvalue weighted by molar-refractivity contribution is -0.120. The van der Waals surface area contributed by atoms with E-state index in [-0.39, 0.29) is 11.9 Å². The van der Waals surface area contributed by atoms with Gasteiger partial charge in [-0.15, -0.1) is 0 Å². The summed E-state index contributed by atoms with van der Waals surface area (Å²) in [6.45, 7) is 4.10. The average molecular weight is 257 g/mol. The summed E-state index contributed by atoms with van der Waals surface area (Å²) in [7, 11) is 0. The molecule has 0 saturated heterocycles. The molecule has 4 heteroatoms. The standard InChI is InChI=1S/C15H19N3O/c1-3-10(2)18-14(15(16)19)13-9-17-8-11-6-4-5-7-12(11)13/h4-10,14,18H,3H2,1-2H3,(H2,16,19). The second-order valence-corrected chi connectivity index (χ2v) is 4.76. The van der Waals surface area contributed by atoms with Gasteiger partial charge in [-0.1, -0.05) is 31.2 Å². The summed E-state index contributed by atoms with van der Waals surface area (Å²) in [6.07, 6.45) is 4.44. The number of carbonyl (C=O) groups excluding carboxylic acids is 1. The van der Waals surface area contributed by atoms with Gasteiger partial charge in [0, 0.05) is 29.4 Å². The molecule has 0 aliphatic carbocycles. The van der Waals surface area contributed by atoms with Gasteiger partial charge in [0.05, 0.1) is 0 Å². The van der Waals surface area contributed by atoms with Crippen LogP contribution in [-0.2, 0) is 4.79 Å². The summed E-state index contributed by atoms with van der Waals surface area (Å²) in [4.78, 5) is 15.9. The normalized spacial score (nSPS) is 14.2. The predicted molar refractivity (Wildman–Crippen MR) is 76.6 cm³/mol. The highest BCUT2D eigenvalue weighted by molar-refractivity contribution is 5.91. The Balaban J connectivity index is 2.47. The van der Waals surface area contributed by atoms with Gasteiger partial charge in [-0.05, 0) is 18.7 Å². The summed E-state index contributed by atoms with van der Waals surface area (Å²) < 4.78 is 0. The molecule has 2 aromatic rings. The Morgan fingerprint density at radius 3 is 2.79 bits per heavy atom. The van der Waals surface area contributed by atoms with Crippen molar-refractivity contribution in [1.29, 1.82) is 0 Å². The molecule has 100 valence electrons. The first-order chi connectivity index (χ1) is 9.13. The molecule has 4 nitrogen and oxygen atoms in total. The largest absolute Gasteiger partial charge is 0.368 e. The lowest BCUT2D eigenvalue weighted by atomic mass is 10.0. The average Bonchev–Trinajstić information content (AvgIpc) is 2.43. The van der Waals surface area contributed by atoms with Crippen LogP contribution in [0.15, 0.2) is 36.7 Å². The minimum Gasteiger partial charge on any atom is -0.368 e. The van der Waals surface area contributed by atoms with E-state index in [1.807, 2.05) is 31.2 Å². The number of fused-ring (bicyclic) bond motifs is 1. The van der Waals surface area contributed by atoms with Gasteiger partial charge in [0.15, 0.2) is 0 Å². The quantitative estimate of drug-likeness (QED) is 0.862. The van der Waals surface area contributed by atoms with E-state index in [1.54, 1.807) is 12.4 Å². The summed E-state index contributed by atoms with van der Waals surface area (Å²) in [5.41, 5.74) is 6.37. The van der Waals surface area contributed by atoms with Gasteiger partial charge >= 0.3 is 0 Å². The summed E-state index contributed by atoms with van der Waals surface area (Å²) in [6, 6.07) is 7.58. The first-order valence-electron chi connectivity index (χ1n) is 6.51. The molecule has 3 N–H and O–H groups in total. The predicted octanol–water partition coefficient (Wildman–Crippen LogP) is 2.15. The zero-order chi connectivity index (χ0) is 13.8. The number of pyridine rings is 1. The van der Waals surface area contributed by atoms with Gasteiger partial charge in [0.25, 0.3) is 0 Å². The minimum atomic E-state index is -0.506. The molecule has 0 aliphatic heterocycles. The van der Waals surface area contributed by atoms with Crippen molar-refractivity contribution in [3.63, 3.8) is 0 Å². The first-order valence-corrected chi connectivity index (χ1v) is 6.51. The van der Waals surface area contributed by atoms with Crippen molar-refractivity contribution < 1.29 is 4.79 Å². The number of primary amides is 1. The number of nitrogens with two attached hydrogens (primary N) is 1. The zero-order valence-electron chi connectivity index (χ0n) is 11.3. The highest BCUT2D eigenvalue weighted by Crippen LogP contribution is 2.23. The third-order valence-corrected chi connectivity index (χ3v) is 3.36. The molecule has 1 aromatic carbocycles. The second kappa shape index (κ2) is 5.80. The Morgan fingerprint density at radius 1 is 1.37 bits per heavy atom. The van der Waals surface area contributed by atoms with Crippen molar-refractivity contribution in [2.75, 3.05) is 0 Å². The summed E-state index contributed by atoms with van der Waals surface area (Å²) >= 11 is 0. The summed E-state index contributed by atoms with van der Waals surface area (Å²) in [5.74, 6) is -0.376. The number of amides is 1. The molecule has 2 unspecified atom stereocenters. The molecule has 2 atom stereocenters. The molecular weight excluding hydrogens is 238 g/mol. The van der Waals surface area contributed by atoms with Crippen LogP contribution in [0.1, 0.15) is 31.9 Å². The monoisotopic (exact) mass is 257 g/mol. The maximum atomic E-state index is 11.7. The molecule has 19 heavy (non-hydrogen) atoms. The Morgan fingerprint density at radius 2 is 2.11 bits per heavy atom. The topological polar surface area (TPSA) is 68.0 Å². The van der Waals surface area contributed by atoms with Gasteiger partial charge in [-0.3, -0.25) is 15.1 Å². The van der Waals surface area contributed by atoms with E-state index in [0.29, 0.717) is 0 Å². The molecule has 0 spiro atoms. The fourth-order valence-electron chi connectivity index (χ4n) is 2.10. The number of nitrogens with one attached hydrogen (secondary N) is 1. The second-order valence-electron chi connectivity index (χ2n) is 4.76. The van der Waals surface area contributed by atoms with Crippen molar-refractivity contribution in [3.05, 3.63) is 42.2 Å². The third kappa shape index (κ3) is 2.90. The molecule has 1 aromatic heterocycles. The van der Waals surface area contributed by atoms with Crippen molar-refractivity contribution >= 4 is 16.7 Å². The van der Waals surface area contributed by atoms with Crippen LogP contribution in [0.2, 0.25) is 0 Å². The van der Waals surface area contributed by atoms with Gasteiger partial charge in [0.2, 0.25) is 5.91 Å². The van der Waals surface area contributed by atoms with E-state index >= 15 is 0 Å². The van der Waals surface area contributed by atoms with Gasteiger partial charge in [-0.25, -0.2) is 0 Å². The molecule has 1 heterocycles. The molecular formula is C15H19N3O. The van der Waals surface area contributed by atoms with Crippen molar-refractivity contribution in [2.24, 2.45) is 5.73 Å². The minimum absolute atomic E-state index is 0.219. The van der Waals surface area contributed by atoms with Gasteiger partial charge < -0.3 is 5.73 Å². The van der Waals surface area contributed by atoms with E-state index in [9.17, 15) is 4.79 Å². The number of aromatic nitrogens is 1. The van der Waals surface area contributed by atoms with Gasteiger partial charge in [0.1, 0.15) is 6.04 Å². The fraction of sp³-hybridized carbons (Fsp3) is 0.333. The van der Waals surface area contributed by atoms with Crippen LogP contribution in [0.25, 0.3) is 10.8 Å². The number of hydrogen-bond acceptors (Lipinski definition) is 3. The van der Waals surface area contributed by atoms with Crippen LogP contribution in [0.4, 0.5) is 0 Å². The van der Waals surface area contributed by atoms with Crippen LogP contribution in [0.5, 0.6) is 0 Å². The van der Waals surface area contributed by atoms with Crippen LogP contribution in [-0.4, -0.2) is 16.9 Å². The molecule has 0 saturated carbocycles. The number of nitrogens with zero attached hydrogens (tertiary/aromatic N) is 1. The van der Waals surface area contributed by atoms with Crippen molar-refractivity contribution in [3.8, 4) is 0 Å². The Labute approximate surface area is 113 Å². The van der Waals surface area contributed by atoms with Gasteiger partial charge in [-0.2, -0.15) is 0 Å². The third-order valence-electron chi connectivity index (χ3n) is 3.36. The van der Waals surface area contributed by atoms with Crippen LogP contribution < -0.4 is 11.1 Å². The zero-order valence-corrected chi connectivity index (χ0v) is 11.3. The molecule has 1 amide bonds. The van der Waals surface area contributed by atoms with E-state index in [1.165, 1.54) is 0 Å². The lowest BCUT2D eigenvalue weighted by Crippen LogP contribution is -2.38. The van der Waals surface area contributed by atoms with Crippen molar-refractivity contribution in [2.45, 2.75) is 32.4 Å². The van der Waals surface area contributed by atoms with E-state index in [2.05, 4.69) is 17.2 Å². The molecule has 2 rings (SSSR count). The molecule has 0 radical (unpaired) electrons. The molecule has 0 bridgehead atoms. The lowest BCUT2D eigenvalue weighted by Gasteiger charge is -2.21. The number of carbonyl (C=O) groups is 1. The van der Waals surface area contributed by atoms with E-state index < -0.39 is 6.04 Å². The smallest absolute Gasteiger partial charge is 0.239 e. The van der Waals surface area contributed by atoms with E-state index in [0.717, 1.165) is 22.8 Å². The van der Waals surface area contributed by atoms with Crippen molar-refractivity contribution in [1.82, 2.24) is 10.3 Å².